The van der Waals surface area contributed by atoms with E-state index in [2.05, 4.69) is 0 Å². The van der Waals surface area contributed by atoms with E-state index < -0.39 is 0 Å². The normalized spacial score (nSPS) is 18.5. The van der Waals surface area contributed by atoms with Crippen molar-refractivity contribution >= 4 is 40.9 Å². The number of hydrogen-bond donors (Lipinski definition) is 0. The SMILES string of the molecule is COc1cc(/C=C2/C(=O)N(C3CCCCC3)C(=S)N2C)ccc1OCc1ccc(Cl)cc1. The number of halogens is 1. The molecule has 5 nitrogen and oxygen atoms in total. The molecule has 0 bridgehead atoms. The topological polar surface area (TPSA) is 42.0 Å². The zero-order valence-electron chi connectivity index (χ0n) is 18.3. The number of carbonyl (C=O) groups is 1. The molecule has 2 aromatic rings. The monoisotopic (exact) mass is 470 g/mol. The quantitative estimate of drug-likeness (QED) is 0.402. The Labute approximate surface area is 199 Å². The van der Waals surface area contributed by atoms with Gasteiger partial charge in [-0.2, -0.15) is 0 Å². The van der Waals surface area contributed by atoms with Crippen LogP contribution in [-0.4, -0.2) is 41.0 Å². The fourth-order valence-corrected chi connectivity index (χ4v) is 4.69. The number of amides is 1. The maximum absolute atomic E-state index is 13.2. The lowest BCUT2D eigenvalue weighted by molar-refractivity contribution is -0.124. The van der Waals surface area contributed by atoms with Gasteiger partial charge >= 0.3 is 0 Å². The van der Waals surface area contributed by atoms with Gasteiger partial charge in [0.25, 0.3) is 5.91 Å². The number of benzene rings is 2. The van der Waals surface area contributed by atoms with Gasteiger partial charge in [0.15, 0.2) is 16.6 Å². The molecule has 1 amide bonds. The molecule has 0 aromatic heterocycles. The number of ether oxygens (including phenoxy) is 2. The number of nitrogens with zero attached hydrogens (tertiary/aromatic N) is 2. The van der Waals surface area contributed by atoms with Crippen LogP contribution in [0.3, 0.4) is 0 Å². The van der Waals surface area contributed by atoms with Crippen molar-refractivity contribution in [3.8, 4) is 11.5 Å². The van der Waals surface area contributed by atoms with Crippen LogP contribution in [0.25, 0.3) is 6.08 Å². The summed E-state index contributed by atoms with van der Waals surface area (Å²) < 4.78 is 11.5. The van der Waals surface area contributed by atoms with Crippen LogP contribution >= 0.6 is 23.8 Å². The van der Waals surface area contributed by atoms with Crippen molar-refractivity contribution in [2.45, 2.75) is 44.8 Å². The van der Waals surface area contributed by atoms with Crippen molar-refractivity contribution in [2.75, 3.05) is 14.2 Å². The first kappa shape index (κ1) is 22.6. The summed E-state index contributed by atoms with van der Waals surface area (Å²) in [6, 6.07) is 13.4. The molecule has 2 aromatic carbocycles. The highest BCUT2D eigenvalue weighted by Crippen LogP contribution is 2.33. The van der Waals surface area contributed by atoms with E-state index in [0.717, 1.165) is 36.8 Å². The number of methoxy groups -OCH3 is 1. The van der Waals surface area contributed by atoms with E-state index in [4.69, 9.17) is 33.3 Å². The Kier molecular flexibility index (Phi) is 7.01. The molecule has 1 saturated heterocycles. The second-order valence-electron chi connectivity index (χ2n) is 8.16. The molecule has 1 heterocycles. The smallest absolute Gasteiger partial charge is 0.277 e. The molecule has 4 rings (SSSR count). The Morgan fingerprint density at radius 2 is 1.81 bits per heavy atom. The molecular formula is C25H27ClN2O3S. The van der Waals surface area contributed by atoms with Gasteiger partial charge in [-0.1, -0.05) is 49.1 Å². The van der Waals surface area contributed by atoms with E-state index in [-0.39, 0.29) is 11.9 Å². The van der Waals surface area contributed by atoms with Crippen molar-refractivity contribution in [1.82, 2.24) is 9.80 Å². The van der Waals surface area contributed by atoms with E-state index in [0.29, 0.717) is 33.9 Å². The zero-order valence-corrected chi connectivity index (χ0v) is 19.9. The minimum Gasteiger partial charge on any atom is -0.493 e. The van der Waals surface area contributed by atoms with Crippen LogP contribution in [0.1, 0.15) is 43.2 Å². The average Bonchev–Trinajstić information content (AvgIpc) is 3.02. The Hall–Kier alpha value is -2.57. The summed E-state index contributed by atoms with van der Waals surface area (Å²) in [4.78, 5) is 16.8. The van der Waals surface area contributed by atoms with Crippen molar-refractivity contribution < 1.29 is 14.3 Å². The van der Waals surface area contributed by atoms with Crippen LogP contribution in [0, 0.1) is 0 Å². The average molecular weight is 471 g/mol. The summed E-state index contributed by atoms with van der Waals surface area (Å²) in [6.45, 7) is 0.403. The zero-order chi connectivity index (χ0) is 22.7. The van der Waals surface area contributed by atoms with Gasteiger partial charge in [-0.25, -0.2) is 0 Å². The Balaban J connectivity index is 1.52. The predicted molar refractivity (Wildman–Crippen MR) is 131 cm³/mol. The third-order valence-electron chi connectivity index (χ3n) is 6.03. The third-order valence-corrected chi connectivity index (χ3v) is 6.75. The molecule has 0 unspecified atom stereocenters. The van der Waals surface area contributed by atoms with E-state index in [1.165, 1.54) is 6.42 Å². The summed E-state index contributed by atoms with van der Waals surface area (Å²) in [5.41, 5.74) is 2.44. The van der Waals surface area contributed by atoms with Crippen molar-refractivity contribution in [2.24, 2.45) is 0 Å². The van der Waals surface area contributed by atoms with Crippen molar-refractivity contribution in [3.05, 3.63) is 64.3 Å². The fourth-order valence-electron chi connectivity index (χ4n) is 4.23. The molecule has 0 N–H and O–H groups in total. The summed E-state index contributed by atoms with van der Waals surface area (Å²) in [6.07, 6.45) is 7.42. The van der Waals surface area contributed by atoms with Crippen LogP contribution in [0.5, 0.6) is 11.5 Å². The number of rotatable bonds is 6. The first-order chi connectivity index (χ1) is 15.5. The summed E-state index contributed by atoms with van der Waals surface area (Å²) in [7, 11) is 3.46. The molecule has 7 heteroatoms. The maximum atomic E-state index is 13.2. The largest absolute Gasteiger partial charge is 0.493 e. The number of thiocarbonyl (C=S) groups is 1. The molecule has 0 radical (unpaired) electrons. The standard InChI is InChI=1S/C25H27ClN2O3S/c1-27-21(24(29)28(25(27)32)20-6-4-3-5-7-20)14-18-10-13-22(23(15-18)30-2)31-16-17-8-11-19(26)12-9-17/h8-15,20H,3-7,16H2,1-2H3/b21-14-. The molecule has 32 heavy (non-hydrogen) atoms. The first-order valence-corrected chi connectivity index (χ1v) is 11.6. The molecule has 0 atom stereocenters. The molecule has 168 valence electrons. The third kappa shape index (κ3) is 4.76. The van der Waals surface area contributed by atoms with Gasteiger partial charge in [-0.05, 0) is 66.5 Å². The fraction of sp³-hybridized carbons (Fsp3) is 0.360. The molecule has 1 saturated carbocycles. The molecular weight excluding hydrogens is 444 g/mol. The van der Waals surface area contributed by atoms with Crippen LogP contribution in [-0.2, 0) is 11.4 Å². The Morgan fingerprint density at radius 1 is 1.09 bits per heavy atom. The minimum absolute atomic E-state index is 0.0218. The van der Waals surface area contributed by atoms with E-state index >= 15 is 0 Å². The van der Waals surface area contributed by atoms with Gasteiger partial charge < -0.3 is 14.4 Å². The van der Waals surface area contributed by atoms with Crippen LogP contribution in [0.2, 0.25) is 5.02 Å². The predicted octanol–water partition coefficient (Wildman–Crippen LogP) is 5.66. The Bertz CT molecular complexity index is 1030. The minimum atomic E-state index is -0.0218. The van der Waals surface area contributed by atoms with Crippen LogP contribution in [0.4, 0.5) is 0 Å². The molecule has 0 spiro atoms. The lowest BCUT2D eigenvalue weighted by Gasteiger charge is -2.30. The maximum Gasteiger partial charge on any atom is 0.277 e. The van der Waals surface area contributed by atoms with E-state index in [1.807, 2.05) is 60.5 Å². The van der Waals surface area contributed by atoms with Crippen LogP contribution < -0.4 is 9.47 Å². The molecule has 2 aliphatic rings. The second kappa shape index (κ2) is 9.92. The van der Waals surface area contributed by atoms with Gasteiger partial charge in [0, 0.05) is 18.1 Å². The molecule has 1 aliphatic carbocycles. The van der Waals surface area contributed by atoms with Gasteiger partial charge in [0.2, 0.25) is 0 Å². The van der Waals surface area contributed by atoms with Gasteiger partial charge in [-0.15, -0.1) is 0 Å². The lowest BCUT2D eigenvalue weighted by Crippen LogP contribution is -2.41. The van der Waals surface area contributed by atoms with E-state index in [1.54, 1.807) is 12.0 Å². The molecule has 2 fully saturated rings. The summed E-state index contributed by atoms with van der Waals surface area (Å²) >= 11 is 11.6. The first-order valence-electron chi connectivity index (χ1n) is 10.9. The lowest BCUT2D eigenvalue weighted by atomic mass is 9.94. The second-order valence-corrected chi connectivity index (χ2v) is 8.97. The summed E-state index contributed by atoms with van der Waals surface area (Å²) in [5, 5.41) is 1.28. The number of carbonyl (C=O) groups excluding carboxylic acids is 1. The van der Waals surface area contributed by atoms with Gasteiger partial charge in [0.1, 0.15) is 12.3 Å². The van der Waals surface area contributed by atoms with Crippen molar-refractivity contribution in [1.29, 1.82) is 0 Å². The molecule has 1 aliphatic heterocycles. The van der Waals surface area contributed by atoms with Gasteiger partial charge in [-0.3, -0.25) is 9.69 Å². The summed E-state index contributed by atoms with van der Waals surface area (Å²) in [5.74, 6) is 1.22. The van der Waals surface area contributed by atoms with Crippen LogP contribution in [0.15, 0.2) is 48.2 Å². The number of hydrogen-bond acceptors (Lipinski definition) is 4. The highest BCUT2D eigenvalue weighted by molar-refractivity contribution is 7.80. The Morgan fingerprint density at radius 3 is 2.50 bits per heavy atom. The van der Waals surface area contributed by atoms with Crippen molar-refractivity contribution in [3.63, 3.8) is 0 Å². The van der Waals surface area contributed by atoms with Gasteiger partial charge in [0.05, 0.1) is 7.11 Å². The van der Waals surface area contributed by atoms with E-state index in [9.17, 15) is 4.79 Å². The highest BCUT2D eigenvalue weighted by atomic mass is 35.5. The highest BCUT2D eigenvalue weighted by Gasteiger charge is 2.40. The number of likely N-dealkylation sites (N-methyl/N-ethyl adjacent to an activating group) is 1.